The number of rotatable bonds is 4. The molecule has 1 N–H and O–H groups in total. The topological polar surface area (TPSA) is 41.5 Å². The molecule has 1 aromatic carbocycles. The van der Waals surface area contributed by atoms with Crippen molar-refractivity contribution in [2.75, 3.05) is 0 Å². The summed E-state index contributed by atoms with van der Waals surface area (Å²) in [6, 6.07) is 3.77. The van der Waals surface area contributed by atoms with Gasteiger partial charge < -0.3 is 0 Å². The van der Waals surface area contributed by atoms with Gasteiger partial charge in [-0.1, -0.05) is 36.5 Å². The lowest BCUT2D eigenvalue weighted by molar-refractivity contribution is -0.121. The molecule has 1 heterocycles. The third kappa shape index (κ3) is 3.48. The third-order valence-electron chi connectivity index (χ3n) is 3.16. The van der Waals surface area contributed by atoms with E-state index in [-0.39, 0.29) is 5.91 Å². The van der Waals surface area contributed by atoms with Crippen LogP contribution in [0.5, 0.6) is 0 Å². The van der Waals surface area contributed by atoms with Crippen molar-refractivity contribution in [3.63, 3.8) is 0 Å². The highest BCUT2D eigenvalue weighted by Crippen LogP contribution is 2.29. The maximum Gasteiger partial charge on any atom is 0.240 e. The van der Waals surface area contributed by atoms with Crippen LogP contribution in [0.25, 0.3) is 0 Å². The van der Waals surface area contributed by atoms with Crippen LogP contribution in [0.15, 0.2) is 17.2 Å². The van der Waals surface area contributed by atoms with Crippen molar-refractivity contribution in [3.8, 4) is 0 Å². The molecule has 1 amide bonds. The fraction of sp³-hybridized carbons (Fsp3) is 0.429. The van der Waals surface area contributed by atoms with Gasteiger partial charge in [0.2, 0.25) is 5.91 Å². The van der Waals surface area contributed by atoms with E-state index in [9.17, 15) is 4.79 Å². The Bertz CT molecular complexity index is 503. The third-order valence-corrected chi connectivity index (χ3v) is 3.83. The van der Waals surface area contributed by atoms with E-state index in [1.165, 1.54) is 0 Å². The summed E-state index contributed by atoms with van der Waals surface area (Å²) in [5, 5.41) is 5.41. The number of benzene rings is 1. The van der Waals surface area contributed by atoms with E-state index in [2.05, 4.69) is 17.5 Å². The Hall–Kier alpha value is -1.06. The van der Waals surface area contributed by atoms with E-state index < -0.39 is 0 Å². The number of nitrogens with one attached hydrogen (secondary N) is 1. The molecule has 5 heteroatoms. The SMILES string of the molecule is CCCCc1c(Cl)cc(C2=NNC(=O)CC2)cc1Cl. The molecule has 0 radical (unpaired) electrons. The van der Waals surface area contributed by atoms with Crippen molar-refractivity contribution in [3.05, 3.63) is 33.3 Å². The lowest BCUT2D eigenvalue weighted by Crippen LogP contribution is -2.25. The van der Waals surface area contributed by atoms with Crippen molar-refractivity contribution >= 4 is 34.8 Å². The number of unbranched alkanes of at least 4 members (excludes halogenated alkanes) is 1. The van der Waals surface area contributed by atoms with Crippen LogP contribution in [0.2, 0.25) is 10.0 Å². The van der Waals surface area contributed by atoms with Crippen LogP contribution in [0, 0.1) is 0 Å². The fourth-order valence-corrected chi connectivity index (χ4v) is 2.72. The lowest BCUT2D eigenvalue weighted by atomic mass is 10.0. The predicted octanol–water partition coefficient (Wildman–Crippen LogP) is 3.95. The van der Waals surface area contributed by atoms with Crippen LogP contribution in [-0.2, 0) is 11.2 Å². The smallest absolute Gasteiger partial charge is 0.240 e. The van der Waals surface area contributed by atoms with Gasteiger partial charge in [0, 0.05) is 28.5 Å². The lowest BCUT2D eigenvalue weighted by Gasteiger charge is -2.14. The molecular weight excluding hydrogens is 283 g/mol. The van der Waals surface area contributed by atoms with Crippen LogP contribution in [-0.4, -0.2) is 11.6 Å². The highest BCUT2D eigenvalue weighted by molar-refractivity contribution is 6.36. The van der Waals surface area contributed by atoms with Crippen molar-refractivity contribution in [1.29, 1.82) is 0 Å². The van der Waals surface area contributed by atoms with Crippen LogP contribution in [0.3, 0.4) is 0 Å². The zero-order valence-electron chi connectivity index (χ0n) is 10.8. The second-order valence-corrected chi connectivity index (χ2v) is 5.43. The molecule has 0 saturated carbocycles. The zero-order valence-corrected chi connectivity index (χ0v) is 12.3. The van der Waals surface area contributed by atoms with Crippen molar-refractivity contribution in [2.24, 2.45) is 5.10 Å². The summed E-state index contributed by atoms with van der Waals surface area (Å²) in [6.45, 7) is 2.13. The van der Waals surface area contributed by atoms with E-state index in [0.29, 0.717) is 22.9 Å². The molecular formula is C14H16Cl2N2O. The van der Waals surface area contributed by atoms with E-state index in [1.54, 1.807) is 0 Å². The number of nitrogens with zero attached hydrogens (tertiary/aromatic N) is 1. The summed E-state index contributed by atoms with van der Waals surface area (Å²) >= 11 is 12.6. The van der Waals surface area contributed by atoms with Crippen molar-refractivity contribution in [2.45, 2.75) is 39.0 Å². The molecule has 0 bridgehead atoms. The second kappa shape index (κ2) is 6.40. The largest absolute Gasteiger partial charge is 0.273 e. The Morgan fingerprint density at radius 2 is 1.95 bits per heavy atom. The number of halogens is 2. The molecule has 0 aliphatic carbocycles. The van der Waals surface area contributed by atoms with Crippen LogP contribution >= 0.6 is 23.2 Å². The van der Waals surface area contributed by atoms with Crippen LogP contribution < -0.4 is 5.43 Å². The summed E-state index contributed by atoms with van der Waals surface area (Å²) in [6.07, 6.45) is 4.12. The molecule has 1 aliphatic heterocycles. The highest BCUT2D eigenvalue weighted by atomic mass is 35.5. The Morgan fingerprint density at radius 3 is 2.47 bits per heavy atom. The Balaban J connectivity index is 2.27. The van der Waals surface area contributed by atoms with Gasteiger partial charge in [0.1, 0.15) is 0 Å². The Kier molecular flexibility index (Phi) is 4.83. The van der Waals surface area contributed by atoms with Gasteiger partial charge in [-0.25, -0.2) is 5.43 Å². The zero-order chi connectivity index (χ0) is 13.8. The monoisotopic (exact) mass is 298 g/mol. The maximum atomic E-state index is 11.1. The van der Waals surface area contributed by atoms with Gasteiger partial charge in [0.05, 0.1) is 5.71 Å². The van der Waals surface area contributed by atoms with Crippen LogP contribution in [0.1, 0.15) is 43.7 Å². The highest BCUT2D eigenvalue weighted by Gasteiger charge is 2.16. The first-order chi connectivity index (χ1) is 9.11. The van der Waals surface area contributed by atoms with E-state index >= 15 is 0 Å². The molecule has 0 fully saturated rings. The maximum absolute atomic E-state index is 11.1. The first-order valence-electron chi connectivity index (χ1n) is 6.45. The fourth-order valence-electron chi connectivity index (χ4n) is 2.04. The average molecular weight is 299 g/mol. The minimum atomic E-state index is -0.0551. The van der Waals surface area contributed by atoms with Gasteiger partial charge in [0.15, 0.2) is 0 Å². The van der Waals surface area contributed by atoms with Gasteiger partial charge in [-0.2, -0.15) is 5.10 Å². The standard InChI is InChI=1S/C14H16Cl2N2O/c1-2-3-4-10-11(15)7-9(8-12(10)16)13-5-6-14(19)18-17-13/h7-8H,2-6H2,1H3,(H,18,19). The number of hydrazone groups is 1. The normalized spacial score (nSPS) is 15.1. The van der Waals surface area contributed by atoms with Gasteiger partial charge in [-0.15, -0.1) is 0 Å². The van der Waals surface area contributed by atoms with Gasteiger partial charge in [-0.05, 0) is 30.5 Å². The predicted molar refractivity (Wildman–Crippen MR) is 79.0 cm³/mol. The average Bonchev–Trinajstić information content (AvgIpc) is 2.38. The quantitative estimate of drug-likeness (QED) is 0.898. The molecule has 3 nitrogen and oxygen atoms in total. The number of carbonyl (C=O) groups is 1. The first kappa shape index (κ1) is 14.4. The van der Waals surface area contributed by atoms with Gasteiger partial charge in [-0.3, -0.25) is 4.79 Å². The van der Waals surface area contributed by atoms with Gasteiger partial charge >= 0.3 is 0 Å². The molecule has 2 rings (SSSR count). The molecule has 1 aromatic rings. The Morgan fingerprint density at radius 1 is 1.26 bits per heavy atom. The summed E-state index contributed by atoms with van der Waals surface area (Å²) < 4.78 is 0. The van der Waals surface area contributed by atoms with E-state index in [1.807, 2.05) is 12.1 Å². The molecule has 19 heavy (non-hydrogen) atoms. The summed E-state index contributed by atoms with van der Waals surface area (Å²) in [5.41, 5.74) is 5.19. The number of amides is 1. The van der Waals surface area contributed by atoms with E-state index in [0.717, 1.165) is 36.1 Å². The van der Waals surface area contributed by atoms with Crippen molar-refractivity contribution < 1.29 is 4.79 Å². The molecule has 0 unspecified atom stereocenters. The summed E-state index contributed by atoms with van der Waals surface area (Å²) in [7, 11) is 0. The van der Waals surface area contributed by atoms with Gasteiger partial charge in [0.25, 0.3) is 0 Å². The minimum Gasteiger partial charge on any atom is -0.273 e. The molecule has 0 aromatic heterocycles. The molecule has 102 valence electrons. The first-order valence-corrected chi connectivity index (χ1v) is 7.21. The van der Waals surface area contributed by atoms with Crippen molar-refractivity contribution in [1.82, 2.24) is 5.43 Å². The summed E-state index contributed by atoms with van der Waals surface area (Å²) in [4.78, 5) is 11.1. The number of hydrogen-bond donors (Lipinski definition) is 1. The molecule has 0 atom stereocenters. The van der Waals surface area contributed by atoms with Crippen LogP contribution in [0.4, 0.5) is 0 Å². The second-order valence-electron chi connectivity index (χ2n) is 4.62. The number of carbonyl (C=O) groups excluding carboxylic acids is 1. The molecule has 0 spiro atoms. The molecule has 0 saturated heterocycles. The molecule has 1 aliphatic rings. The van der Waals surface area contributed by atoms with E-state index in [4.69, 9.17) is 23.2 Å². The Labute approximate surface area is 123 Å². The number of hydrogen-bond acceptors (Lipinski definition) is 2. The minimum absolute atomic E-state index is 0.0551. The summed E-state index contributed by atoms with van der Waals surface area (Å²) in [5.74, 6) is -0.0551.